The van der Waals surface area contributed by atoms with E-state index >= 15 is 0 Å². The van der Waals surface area contributed by atoms with Crippen LogP contribution in [-0.4, -0.2) is 56.6 Å². The Balaban J connectivity index is 2.45. The Kier molecular flexibility index (Phi) is 10.9. The number of rotatable bonds is 12. The molecule has 0 aliphatic carbocycles. The van der Waals surface area contributed by atoms with Gasteiger partial charge in [-0.25, -0.2) is 8.42 Å². The number of hydrogen-bond acceptors (Lipinski definition) is 5. The monoisotopic (exact) mass is 557 g/mol. The molecule has 2 aromatic carbocycles. The smallest absolute Gasteiger partial charge is 0.244 e. The lowest BCUT2D eigenvalue weighted by Crippen LogP contribution is -2.53. The van der Waals surface area contributed by atoms with E-state index in [2.05, 4.69) is 5.32 Å². The van der Waals surface area contributed by atoms with E-state index in [4.69, 9.17) is 27.9 Å². The molecule has 2 amide bonds. The average Bonchev–Trinajstić information content (AvgIpc) is 2.78. The van der Waals surface area contributed by atoms with E-state index in [0.717, 1.165) is 10.6 Å². The van der Waals surface area contributed by atoms with Gasteiger partial charge in [0.1, 0.15) is 18.3 Å². The summed E-state index contributed by atoms with van der Waals surface area (Å²) in [4.78, 5) is 28.0. The molecule has 1 N–H and O–H groups in total. The Morgan fingerprint density at radius 1 is 1.06 bits per heavy atom. The van der Waals surface area contributed by atoms with E-state index in [1.165, 1.54) is 4.90 Å². The zero-order chi connectivity index (χ0) is 27.0. The molecular weight excluding hydrogens is 525 g/mol. The molecule has 0 fully saturated rings. The zero-order valence-electron chi connectivity index (χ0n) is 21.1. The number of anilines is 1. The second-order valence-electron chi connectivity index (χ2n) is 8.54. The molecule has 0 saturated carbocycles. The van der Waals surface area contributed by atoms with Crippen LogP contribution in [0, 0.1) is 0 Å². The van der Waals surface area contributed by atoms with Crippen molar-refractivity contribution in [1.82, 2.24) is 10.2 Å². The maximum absolute atomic E-state index is 13.7. The summed E-state index contributed by atoms with van der Waals surface area (Å²) < 4.78 is 31.8. The predicted octanol–water partition coefficient (Wildman–Crippen LogP) is 4.49. The summed E-state index contributed by atoms with van der Waals surface area (Å²) in [6.07, 6.45) is 1.34. The van der Waals surface area contributed by atoms with E-state index in [1.807, 2.05) is 20.8 Å². The van der Waals surface area contributed by atoms with Crippen LogP contribution in [0.4, 0.5) is 5.69 Å². The minimum atomic E-state index is -3.83. The lowest BCUT2D eigenvalue weighted by molar-refractivity contribution is -0.140. The second-order valence-corrected chi connectivity index (χ2v) is 11.3. The maximum Gasteiger partial charge on any atom is 0.244 e. The fourth-order valence-electron chi connectivity index (χ4n) is 3.62. The van der Waals surface area contributed by atoms with Gasteiger partial charge in [0.15, 0.2) is 0 Å². The third-order valence-electron chi connectivity index (χ3n) is 5.29. The van der Waals surface area contributed by atoms with Gasteiger partial charge in [-0.2, -0.15) is 0 Å². The minimum absolute atomic E-state index is 0.000261. The van der Waals surface area contributed by atoms with E-state index in [0.29, 0.717) is 40.1 Å². The van der Waals surface area contributed by atoms with Gasteiger partial charge in [-0.1, -0.05) is 36.2 Å². The van der Waals surface area contributed by atoms with Gasteiger partial charge in [-0.15, -0.1) is 0 Å². The maximum atomic E-state index is 13.7. The van der Waals surface area contributed by atoms with Gasteiger partial charge < -0.3 is 15.0 Å². The molecule has 0 aliphatic rings. The van der Waals surface area contributed by atoms with Crippen LogP contribution in [0.5, 0.6) is 5.75 Å². The van der Waals surface area contributed by atoms with Crippen molar-refractivity contribution in [1.29, 1.82) is 0 Å². The highest BCUT2D eigenvalue weighted by molar-refractivity contribution is 7.92. The molecule has 2 aromatic rings. The van der Waals surface area contributed by atoms with Gasteiger partial charge in [-0.3, -0.25) is 13.9 Å². The Morgan fingerprint density at radius 2 is 1.69 bits per heavy atom. The van der Waals surface area contributed by atoms with Crippen molar-refractivity contribution in [3.05, 3.63) is 58.1 Å². The highest BCUT2D eigenvalue weighted by Crippen LogP contribution is 2.25. The van der Waals surface area contributed by atoms with Gasteiger partial charge >= 0.3 is 0 Å². The number of hydrogen-bond donors (Lipinski definition) is 1. The van der Waals surface area contributed by atoms with E-state index in [9.17, 15) is 18.0 Å². The molecule has 0 unspecified atom stereocenters. The number of ether oxygens (including phenoxy) is 1. The van der Waals surface area contributed by atoms with Crippen LogP contribution in [-0.2, 0) is 26.2 Å². The number of benzene rings is 2. The number of carbonyl (C=O) groups excluding carboxylic acids is 2. The van der Waals surface area contributed by atoms with Crippen molar-refractivity contribution < 1.29 is 22.7 Å². The highest BCUT2D eigenvalue weighted by atomic mass is 35.5. The Morgan fingerprint density at radius 3 is 2.19 bits per heavy atom. The molecular formula is C25H33Cl2N3O5S. The lowest BCUT2D eigenvalue weighted by Gasteiger charge is -2.33. The summed E-state index contributed by atoms with van der Waals surface area (Å²) in [6, 6.07) is 10.3. The summed E-state index contributed by atoms with van der Waals surface area (Å²) in [5.74, 6) is -0.305. The first-order valence-corrected chi connectivity index (χ1v) is 14.2. The summed E-state index contributed by atoms with van der Waals surface area (Å²) in [5.41, 5.74) is 0.885. The number of halogens is 2. The van der Waals surface area contributed by atoms with Crippen LogP contribution in [0.1, 0.15) is 39.7 Å². The van der Waals surface area contributed by atoms with Crippen LogP contribution in [0.2, 0.25) is 10.0 Å². The standard InChI is InChI=1S/C25H33Cl2N3O5S/c1-6-23(25(32)28-17(3)4)29(15-18-8-9-19(26)14-22(18)27)24(31)16-30(36(5,33)34)20-10-12-21(13-11-20)35-7-2/h8-14,17,23H,6-7,15-16H2,1-5H3,(H,28,32)/t23-/m1/s1. The molecule has 1 atom stereocenters. The number of nitrogens with zero attached hydrogens (tertiary/aromatic N) is 2. The third-order valence-corrected chi connectivity index (χ3v) is 7.02. The van der Waals surface area contributed by atoms with Crippen LogP contribution in [0.25, 0.3) is 0 Å². The molecule has 0 aliphatic heterocycles. The molecule has 36 heavy (non-hydrogen) atoms. The fraction of sp³-hybridized carbons (Fsp3) is 0.440. The van der Waals surface area contributed by atoms with Crippen molar-refractivity contribution in [3.8, 4) is 5.75 Å². The van der Waals surface area contributed by atoms with Crippen LogP contribution in [0.3, 0.4) is 0 Å². The van der Waals surface area contributed by atoms with E-state index < -0.39 is 28.5 Å². The molecule has 8 nitrogen and oxygen atoms in total. The quantitative estimate of drug-likeness (QED) is 0.414. The minimum Gasteiger partial charge on any atom is -0.494 e. The molecule has 198 valence electrons. The number of nitrogens with one attached hydrogen (secondary N) is 1. The molecule has 11 heteroatoms. The first-order valence-electron chi connectivity index (χ1n) is 11.6. The van der Waals surface area contributed by atoms with Crippen LogP contribution < -0.4 is 14.4 Å². The Labute approximate surface area is 223 Å². The topological polar surface area (TPSA) is 96.0 Å². The fourth-order valence-corrected chi connectivity index (χ4v) is 4.94. The van der Waals surface area contributed by atoms with Crippen molar-refractivity contribution in [2.24, 2.45) is 0 Å². The van der Waals surface area contributed by atoms with Crippen molar-refractivity contribution >= 4 is 50.7 Å². The van der Waals surface area contributed by atoms with Gasteiger partial charge in [0.25, 0.3) is 0 Å². The lowest BCUT2D eigenvalue weighted by atomic mass is 10.1. The van der Waals surface area contributed by atoms with Crippen molar-refractivity contribution in [2.75, 3.05) is 23.7 Å². The Bertz CT molecular complexity index is 1160. The second kappa shape index (κ2) is 13.2. The normalized spacial score (nSPS) is 12.2. The first kappa shape index (κ1) is 29.7. The van der Waals surface area contributed by atoms with Gasteiger partial charge in [0.05, 0.1) is 18.6 Å². The predicted molar refractivity (Wildman–Crippen MR) is 144 cm³/mol. The molecule has 0 bridgehead atoms. The number of sulfonamides is 1. The highest BCUT2D eigenvalue weighted by Gasteiger charge is 2.32. The van der Waals surface area contributed by atoms with Gasteiger partial charge in [0, 0.05) is 22.6 Å². The molecule has 2 rings (SSSR count). The average molecular weight is 559 g/mol. The Hall–Kier alpha value is -2.49. The third kappa shape index (κ3) is 8.28. The zero-order valence-corrected chi connectivity index (χ0v) is 23.5. The summed E-state index contributed by atoms with van der Waals surface area (Å²) >= 11 is 12.4. The SMILES string of the molecule is CCOc1ccc(N(CC(=O)N(Cc2ccc(Cl)cc2Cl)[C@H](CC)C(=O)NC(C)C)S(C)(=O)=O)cc1. The number of amides is 2. The molecule has 0 saturated heterocycles. The van der Waals surface area contributed by atoms with Crippen molar-refractivity contribution in [3.63, 3.8) is 0 Å². The molecule has 0 radical (unpaired) electrons. The van der Waals surface area contributed by atoms with Gasteiger partial charge in [0.2, 0.25) is 21.8 Å². The number of carbonyl (C=O) groups is 2. The summed E-state index contributed by atoms with van der Waals surface area (Å²) in [5, 5.41) is 3.61. The molecule has 0 spiro atoms. The van der Waals surface area contributed by atoms with E-state index in [-0.39, 0.29) is 18.5 Å². The summed E-state index contributed by atoms with van der Waals surface area (Å²) in [7, 11) is -3.83. The van der Waals surface area contributed by atoms with E-state index in [1.54, 1.807) is 49.4 Å². The summed E-state index contributed by atoms with van der Waals surface area (Å²) in [6.45, 7) is 7.25. The van der Waals surface area contributed by atoms with Crippen LogP contribution in [0.15, 0.2) is 42.5 Å². The molecule has 0 heterocycles. The first-order chi connectivity index (χ1) is 16.9. The largest absolute Gasteiger partial charge is 0.494 e. The van der Waals surface area contributed by atoms with Crippen LogP contribution >= 0.6 is 23.2 Å². The van der Waals surface area contributed by atoms with Gasteiger partial charge in [-0.05, 0) is 69.2 Å². The molecule has 0 aromatic heterocycles. The van der Waals surface area contributed by atoms with Crippen molar-refractivity contribution in [2.45, 2.75) is 52.7 Å².